The predicted octanol–water partition coefficient (Wildman–Crippen LogP) is 3.66. The highest BCUT2D eigenvalue weighted by Crippen LogP contribution is 2.37. The number of rotatable bonds is 1. The van der Waals surface area contributed by atoms with Crippen molar-refractivity contribution in [2.24, 2.45) is 5.92 Å². The van der Waals surface area contributed by atoms with Gasteiger partial charge < -0.3 is 4.74 Å². The van der Waals surface area contributed by atoms with Gasteiger partial charge in [0.15, 0.2) is 0 Å². The molecule has 1 saturated heterocycles. The summed E-state index contributed by atoms with van der Waals surface area (Å²) in [5, 5.41) is 0. The van der Waals surface area contributed by atoms with Crippen LogP contribution in [0.1, 0.15) is 59.3 Å². The lowest BCUT2D eigenvalue weighted by atomic mass is 9.83. The normalized spacial score (nSPS) is 25.1. The molecule has 1 aliphatic carbocycles. The summed E-state index contributed by atoms with van der Waals surface area (Å²) in [5.74, 6) is 0.147. The van der Waals surface area contributed by atoms with Crippen molar-refractivity contribution in [1.82, 2.24) is 4.90 Å². The van der Waals surface area contributed by atoms with Gasteiger partial charge in [-0.1, -0.05) is 25.8 Å². The summed E-state index contributed by atoms with van der Waals surface area (Å²) in [5.41, 5.74) is -0.0512. The molecule has 2 amide bonds. The van der Waals surface area contributed by atoms with Crippen LogP contribution in [0.15, 0.2) is 12.2 Å². The third-order valence-corrected chi connectivity index (χ3v) is 4.09. The molecule has 1 aliphatic heterocycles. The first-order valence-electron chi connectivity index (χ1n) is 7.54. The molecule has 0 aromatic carbocycles. The Hall–Kier alpha value is -1.32. The summed E-state index contributed by atoms with van der Waals surface area (Å²) in [6.45, 7) is 9.26. The van der Waals surface area contributed by atoms with Crippen LogP contribution in [0.25, 0.3) is 0 Å². The van der Waals surface area contributed by atoms with E-state index in [1.54, 1.807) is 0 Å². The van der Waals surface area contributed by atoms with Crippen LogP contribution >= 0.6 is 0 Å². The lowest BCUT2D eigenvalue weighted by molar-refractivity contribution is -0.126. The maximum absolute atomic E-state index is 12.3. The molecule has 112 valence electrons. The smallest absolute Gasteiger partial charge is 0.417 e. The average molecular weight is 279 g/mol. The van der Waals surface area contributed by atoms with Crippen molar-refractivity contribution in [2.45, 2.75) is 70.9 Å². The SMILES string of the molecule is C=C1CC(C2CCCCC2)N(C(=O)OC(C)(C)C)C1=O. The maximum Gasteiger partial charge on any atom is 0.417 e. The van der Waals surface area contributed by atoms with Gasteiger partial charge in [-0.05, 0) is 46.0 Å². The first-order valence-corrected chi connectivity index (χ1v) is 7.54. The van der Waals surface area contributed by atoms with E-state index in [0.717, 1.165) is 12.8 Å². The van der Waals surface area contributed by atoms with Gasteiger partial charge in [-0.15, -0.1) is 0 Å². The van der Waals surface area contributed by atoms with Crippen LogP contribution in [0.3, 0.4) is 0 Å². The van der Waals surface area contributed by atoms with Crippen molar-refractivity contribution in [3.05, 3.63) is 12.2 Å². The third-order valence-electron chi connectivity index (χ3n) is 4.09. The quantitative estimate of drug-likeness (QED) is 0.688. The van der Waals surface area contributed by atoms with Gasteiger partial charge in [-0.25, -0.2) is 9.69 Å². The van der Waals surface area contributed by atoms with Crippen molar-refractivity contribution in [3.8, 4) is 0 Å². The lowest BCUT2D eigenvalue weighted by Crippen LogP contribution is -2.45. The molecule has 4 nitrogen and oxygen atoms in total. The molecule has 1 atom stereocenters. The third kappa shape index (κ3) is 3.22. The zero-order chi connectivity index (χ0) is 14.9. The highest BCUT2D eigenvalue weighted by atomic mass is 16.6. The minimum atomic E-state index is -0.585. The molecule has 1 unspecified atom stereocenters. The topological polar surface area (TPSA) is 46.6 Å². The van der Waals surface area contributed by atoms with E-state index in [0.29, 0.717) is 17.9 Å². The van der Waals surface area contributed by atoms with Gasteiger partial charge in [0.25, 0.3) is 5.91 Å². The van der Waals surface area contributed by atoms with Gasteiger partial charge in [0.2, 0.25) is 0 Å². The number of nitrogens with zero attached hydrogens (tertiary/aromatic N) is 1. The lowest BCUT2D eigenvalue weighted by Gasteiger charge is -2.33. The minimum absolute atomic E-state index is 0.0508. The summed E-state index contributed by atoms with van der Waals surface area (Å²) >= 11 is 0. The number of ether oxygens (including phenoxy) is 1. The predicted molar refractivity (Wildman–Crippen MR) is 77.2 cm³/mol. The number of likely N-dealkylation sites (tertiary alicyclic amines) is 1. The standard InChI is InChI=1S/C16H25NO3/c1-11-10-13(12-8-6-5-7-9-12)17(14(11)18)15(19)20-16(2,3)4/h12-13H,1,5-10H2,2-4H3. The van der Waals surface area contributed by atoms with Gasteiger partial charge >= 0.3 is 6.09 Å². The Labute approximate surface area is 121 Å². The van der Waals surface area contributed by atoms with E-state index < -0.39 is 11.7 Å². The Bertz CT molecular complexity index is 416. The number of hydrogen-bond donors (Lipinski definition) is 0. The zero-order valence-electron chi connectivity index (χ0n) is 12.8. The van der Waals surface area contributed by atoms with Crippen LogP contribution in [-0.2, 0) is 9.53 Å². The molecule has 0 N–H and O–H groups in total. The fourth-order valence-electron chi connectivity index (χ4n) is 3.18. The number of amides is 2. The van der Waals surface area contributed by atoms with Crippen LogP contribution in [0.4, 0.5) is 4.79 Å². The molecule has 4 heteroatoms. The van der Waals surface area contributed by atoms with E-state index in [-0.39, 0.29) is 11.9 Å². The highest BCUT2D eigenvalue weighted by Gasteiger charge is 2.44. The summed E-state index contributed by atoms with van der Waals surface area (Å²) in [6.07, 6.45) is 5.88. The van der Waals surface area contributed by atoms with E-state index in [9.17, 15) is 9.59 Å². The van der Waals surface area contributed by atoms with E-state index in [1.807, 2.05) is 20.8 Å². The molecule has 0 aromatic heterocycles. The van der Waals surface area contributed by atoms with E-state index >= 15 is 0 Å². The first kappa shape index (κ1) is 15.1. The van der Waals surface area contributed by atoms with Gasteiger partial charge in [0.05, 0.1) is 6.04 Å². The Balaban J connectivity index is 2.15. The van der Waals surface area contributed by atoms with Crippen molar-refractivity contribution >= 4 is 12.0 Å². The highest BCUT2D eigenvalue weighted by molar-refractivity contribution is 6.04. The van der Waals surface area contributed by atoms with Crippen LogP contribution in [0.2, 0.25) is 0 Å². The van der Waals surface area contributed by atoms with E-state index in [1.165, 1.54) is 24.2 Å². The van der Waals surface area contributed by atoms with Crippen LogP contribution in [0, 0.1) is 5.92 Å². The first-order chi connectivity index (χ1) is 9.29. The van der Waals surface area contributed by atoms with Crippen molar-refractivity contribution in [2.75, 3.05) is 0 Å². The molecule has 0 aromatic rings. The summed E-state index contributed by atoms with van der Waals surface area (Å²) in [6, 6.07) is -0.0508. The second-order valence-electron chi connectivity index (χ2n) is 6.93. The molecule has 2 rings (SSSR count). The molecular weight excluding hydrogens is 254 g/mol. The van der Waals surface area contributed by atoms with Crippen molar-refractivity contribution in [1.29, 1.82) is 0 Å². The number of imide groups is 1. The number of carbonyl (C=O) groups excluding carboxylic acids is 2. The largest absolute Gasteiger partial charge is 0.443 e. The summed E-state index contributed by atoms with van der Waals surface area (Å²) in [7, 11) is 0. The maximum atomic E-state index is 12.3. The van der Waals surface area contributed by atoms with E-state index in [2.05, 4.69) is 6.58 Å². The zero-order valence-corrected chi connectivity index (χ0v) is 12.8. The Morgan fingerprint density at radius 2 is 1.85 bits per heavy atom. The molecule has 0 bridgehead atoms. The minimum Gasteiger partial charge on any atom is -0.443 e. The van der Waals surface area contributed by atoms with Gasteiger partial charge in [-0.3, -0.25) is 4.79 Å². The molecule has 2 aliphatic rings. The fourth-order valence-corrected chi connectivity index (χ4v) is 3.18. The molecular formula is C16H25NO3. The summed E-state index contributed by atoms with van der Waals surface area (Å²) < 4.78 is 5.39. The van der Waals surface area contributed by atoms with Gasteiger partial charge in [-0.2, -0.15) is 0 Å². The Morgan fingerprint density at radius 1 is 1.25 bits per heavy atom. The molecule has 0 spiro atoms. The number of hydrogen-bond acceptors (Lipinski definition) is 3. The Kier molecular flexibility index (Phi) is 4.21. The van der Waals surface area contributed by atoms with Gasteiger partial charge in [0.1, 0.15) is 5.60 Å². The second kappa shape index (κ2) is 5.58. The monoisotopic (exact) mass is 279 g/mol. The molecule has 1 saturated carbocycles. The second-order valence-corrected chi connectivity index (χ2v) is 6.93. The molecule has 0 radical (unpaired) electrons. The van der Waals surface area contributed by atoms with Gasteiger partial charge in [0, 0.05) is 5.57 Å². The van der Waals surface area contributed by atoms with Crippen LogP contribution < -0.4 is 0 Å². The Morgan fingerprint density at radius 3 is 2.40 bits per heavy atom. The summed E-state index contributed by atoms with van der Waals surface area (Å²) in [4.78, 5) is 25.8. The van der Waals surface area contributed by atoms with Crippen molar-refractivity contribution in [3.63, 3.8) is 0 Å². The number of carbonyl (C=O) groups is 2. The molecule has 1 heterocycles. The van der Waals surface area contributed by atoms with Crippen molar-refractivity contribution < 1.29 is 14.3 Å². The molecule has 2 fully saturated rings. The van der Waals surface area contributed by atoms with Crippen LogP contribution in [0.5, 0.6) is 0 Å². The molecule has 20 heavy (non-hydrogen) atoms. The fraction of sp³-hybridized carbons (Fsp3) is 0.750. The average Bonchev–Trinajstić information content (AvgIpc) is 2.65. The van der Waals surface area contributed by atoms with Crippen LogP contribution in [-0.4, -0.2) is 28.5 Å². The van der Waals surface area contributed by atoms with E-state index in [4.69, 9.17) is 4.74 Å².